The molecule has 0 unspecified atom stereocenters. The Labute approximate surface area is 108 Å². The summed E-state index contributed by atoms with van der Waals surface area (Å²) in [5.41, 5.74) is 0.772. The first kappa shape index (κ1) is 12.8. The lowest BCUT2D eigenvalue weighted by Crippen LogP contribution is -2.06. The summed E-state index contributed by atoms with van der Waals surface area (Å²) in [6, 6.07) is 4.21. The molecule has 0 aliphatic rings. The van der Waals surface area contributed by atoms with Gasteiger partial charge in [0.05, 0.1) is 12.2 Å². The van der Waals surface area contributed by atoms with Crippen molar-refractivity contribution in [1.82, 2.24) is 15.4 Å². The van der Waals surface area contributed by atoms with Gasteiger partial charge in [-0.2, -0.15) is 10.3 Å². The van der Waals surface area contributed by atoms with Gasteiger partial charge in [-0.3, -0.25) is 0 Å². The molecule has 5 nitrogen and oxygen atoms in total. The van der Waals surface area contributed by atoms with Crippen molar-refractivity contribution in [3.8, 4) is 23.6 Å². The molecule has 0 amide bonds. The minimum absolute atomic E-state index is 0.00899. The minimum atomic E-state index is -0.618. The van der Waals surface area contributed by atoms with Gasteiger partial charge in [0, 0.05) is 5.56 Å². The number of hydrogen-bond donors (Lipinski definition) is 1. The van der Waals surface area contributed by atoms with E-state index in [-0.39, 0.29) is 23.6 Å². The van der Waals surface area contributed by atoms with Crippen LogP contribution in [0.4, 0.5) is 4.39 Å². The number of halogens is 1. The van der Waals surface area contributed by atoms with Crippen molar-refractivity contribution in [2.45, 2.75) is 6.92 Å². The lowest BCUT2D eigenvalue weighted by molar-refractivity contribution is 0.0520. The second kappa shape index (κ2) is 5.31. The van der Waals surface area contributed by atoms with Crippen molar-refractivity contribution in [1.29, 1.82) is 0 Å². The SMILES string of the molecule is C#Cc1ccc(-c2n[nH]nc2C(=O)OCC)cc1F. The summed E-state index contributed by atoms with van der Waals surface area (Å²) in [4.78, 5) is 11.6. The van der Waals surface area contributed by atoms with Crippen LogP contribution >= 0.6 is 0 Å². The predicted octanol–water partition coefficient (Wildman–Crippen LogP) is 1.77. The monoisotopic (exact) mass is 259 g/mol. The van der Waals surface area contributed by atoms with Crippen molar-refractivity contribution < 1.29 is 13.9 Å². The van der Waals surface area contributed by atoms with Crippen LogP contribution in [0.3, 0.4) is 0 Å². The first-order valence-corrected chi connectivity index (χ1v) is 5.51. The lowest BCUT2D eigenvalue weighted by atomic mass is 10.1. The van der Waals surface area contributed by atoms with Crippen LogP contribution in [-0.2, 0) is 4.74 Å². The third kappa shape index (κ3) is 2.45. The maximum Gasteiger partial charge on any atom is 0.361 e. The molecule has 1 heterocycles. The van der Waals surface area contributed by atoms with E-state index in [1.165, 1.54) is 12.1 Å². The fraction of sp³-hybridized carbons (Fsp3) is 0.154. The van der Waals surface area contributed by atoms with Crippen LogP contribution in [0.5, 0.6) is 0 Å². The molecule has 0 saturated carbocycles. The van der Waals surface area contributed by atoms with Crippen LogP contribution in [0.25, 0.3) is 11.3 Å². The topological polar surface area (TPSA) is 67.9 Å². The molecule has 0 fully saturated rings. The molecule has 0 spiro atoms. The molecule has 1 aromatic carbocycles. The van der Waals surface area contributed by atoms with E-state index in [4.69, 9.17) is 11.2 Å². The van der Waals surface area contributed by atoms with Crippen molar-refractivity contribution in [3.05, 3.63) is 35.3 Å². The van der Waals surface area contributed by atoms with Crippen LogP contribution in [-0.4, -0.2) is 28.0 Å². The van der Waals surface area contributed by atoms with Crippen LogP contribution in [0.1, 0.15) is 23.0 Å². The molecular weight excluding hydrogens is 249 g/mol. The highest BCUT2D eigenvalue weighted by atomic mass is 19.1. The summed E-state index contributed by atoms with van der Waals surface area (Å²) in [5, 5.41) is 9.86. The third-order valence-electron chi connectivity index (χ3n) is 2.41. The van der Waals surface area contributed by atoms with Gasteiger partial charge in [0.2, 0.25) is 0 Å². The number of hydrogen-bond acceptors (Lipinski definition) is 4. The molecule has 0 aliphatic heterocycles. The third-order valence-corrected chi connectivity index (χ3v) is 2.41. The number of esters is 1. The normalized spacial score (nSPS) is 9.95. The molecule has 0 aliphatic carbocycles. The Hall–Kier alpha value is -2.68. The summed E-state index contributed by atoms with van der Waals surface area (Å²) in [5.74, 6) is 1.04. The first-order chi connectivity index (χ1) is 9.17. The predicted molar refractivity (Wildman–Crippen MR) is 65.7 cm³/mol. The standard InChI is InChI=1S/C13H10FN3O2/c1-3-8-5-6-9(7-10(8)14)11-12(16-17-15-11)13(18)19-4-2/h1,5-7H,4H2,2H3,(H,15,16,17). The summed E-state index contributed by atoms with van der Waals surface area (Å²) < 4.78 is 18.4. The Kier molecular flexibility index (Phi) is 3.57. The highest BCUT2D eigenvalue weighted by molar-refractivity contribution is 5.93. The second-order valence-corrected chi connectivity index (χ2v) is 3.58. The average molecular weight is 259 g/mol. The molecule has 0 radical (unpaired) electrons. The quantitative estimate of drug-likeness (QED) is 0.673. The fourth-order valence-electron chi connectivity index (χ4n) is 1.55. The molecule has 0 saturated heterocycles. The lowest BCUT2D eigenvalue weighted by Gasteiger charge is -2.02. The van der Waals surface area contributed by atoms with Gasteiger partial charge >= 0.3 is 5.97 Å². The van der Waals surface area contributed by atoms with Crippen LogP contribution < -0.4 is 0 Å². The van der Waals surface area contributed by atoms with E-state index in [1.807, 2.05) is 0 Å². The molecule has 2 aromatic rings. The maximum atomic E-state index is 13.6. The number of rotatable bonds is 3. The van der Waals surface area contributed by atoms with Gasteiger partial charge in [-0.05, 0) is 19.1 Å². The molecule has 6 heteroatoms. The van der Waals surface area contributed by atoms with E-state index in [0.717, 1.165) is 0 Å². The highest BCUT2D eigenvalue weighted by Gasteiger charge is 2.19. The maximum absolute atomic E-state index is 13.6. The molecular formula is C13H10FN3O2. The van der Waals surface area contributed by atoms with Crippen molar-refractivity contribution in [3.63, 3.8) is 0 Å². The van der Waals surface area contributed by atoms with Gasteiger partial charge in [0.25, 0.3) is 0 Å². The number of ether oxygens (including phenoxy) is 1. The Bertz CT molecular complexity index is 658. The van der Waals surface area contributed by atoms with Crippen molar-refractivity contribution in [2.75, 3.05) is 6.61 Å². The zero-order valence-corrected chi connectivity index (χ0v) is 10.1. The van der Waals surface area contributed by atoms with Crippen LogP contribution in [0, 0.1) is 18.2 Å². The number of H-pyrrole nitrogens is 1. The largest absolute Gasteiger partial charge is 0.461 e. The highest BCUT2D eigenvalue weighted by Crippen LogP contribution is 2.22. The number of carbonyl (C=O) groups is 1. The Morgan fingerprint density at radius 2 is 2.32 bits per heavy atom. The van der Waals surface area contributed by atoms with Gasteiger partial charge in [-0.1, -0.05) is 12.0 Å². The average Bonchev–Trinajstić information content (AvgIpc) is 2.88. The number of aromatic amines is 1. The van der Waals surface area contributed by atoms with E-state index < -0.39 is 11.8 Å². The van der Waals surface area contributed by atoms with E-state index in [2.05, 4.69) is 21.3 Å². The van der Waals surface area contributed by atoms with Gasteiger partial charge in [-0.15, -0.1) is 11.5 Å². The van der Waals surface area contributed by atoms with E-state index >= 15 is 0 Å². The smallest absolute Gasteiger partial charge is 0.361 e. The summed E-state index contributed by atoms with van der Waals surface area (Å²) in [6.07, 6.45) is 5.14. The summed E-state index contributed by atoms with van der Waals surface area (Å²) in [7, 11) is 0. The van der Waals surface area contributed by atoms with Crippen molar-refractivity contribution in [2.24, 2.45) is 0 Å². The number of nitrogens with one attached hydrogen (secondary N) is 1. The number of benzene rings is 1. The van der Waals surface area contributed by atoms with Gasteiger partial charge in [-0.25, -0.2) is 9.18 Å². The number of terminal acetylenes is 1. The van der Waals surface area contributed by atoms with Gasteiger partial charge in [0.15, 0.2) is 5.69 Å². The molecule has 1 N–H and O–H groups in total. The number of aromatic nitrogens is 3. The molecule has 1 aromatic heterocycles. The second-order valence-electron chi connectivity index (χ2n) is 3.58. The first-order valence-electron chi connectivity index (χ1n) is 5.51. The van der Waals surface area contributed by atoms with E-state index in [0.29, 0.717) is 5.56 Å². The summed E-state index contributed by atoms with van der Waals surface area (Å²) >= 11 is 0. The molecule has 19 heavy (non-hydrogen) atoms. The zero-order valence-electron chi connectivity index (χ0n) is 10.1. The Morgan fingerprint density at radius 3 is 2.95 bits per heavy atom. The fourth-order valence-corrected chi connectivity index (χ4v) is 1.55. The molecule has 96 valence electrons. The molecule has 0 bridgehead atoms. The van der Waals surface area contributed by atoms with Crippen LogP contribution in [0.2, 0.25) is 0 Å². The molecule has 0 atom stereocenters. The minimum Gasteiger partial charge on any atom is -0.461 e. The van der Waals surface area contributed by atoms with E-state index in [1.54, 1.807) is 13.0 Å². The molecule has 2 rings (SSSR count). The van der Waals surface area contributed by atoms with E-state index in [9.17, 15) is 9.18 Å². The Balaban J connectivity index is 2.43. The van der Waals surface area contributed by atoms with Gasteiger partial charge in [0.1, 0.15) is 11.5 Å². The zero-order chi connectivity index (χ0) is 13.8. The van der Waals surface area contributed by atoms with Crippen molar-refractivity contribution >= 4 is 5.97 Å². The van der Waals surface area contributed by atoms with Gasteiger partial charge < -0.3 is 4.74 Å². The Morgan fingerprint density at radius 1 is 1.53 bits per heavy atom. The summed E-state index contributed by atoms with van der Waals surface area (Å²) in [6.45, 7) is 1.90. The number of nitrogens with zero attached hydrogens (tertiary/aromatic N) is 2. The number of carbonyl (C=O) groups excluding carboxylic acids is 1. The van der Waals surface area contributed by atoms with Crippen LogP contribution in [0.15, 0.2) is 18.2 Å².